The van der Waals surface area contributed by atoms with Gasteiger partial charge < -0.3 is 5.73 Å². The van der Waals surface area contributed by atoms with Crippen molar-refractivity contribution in [3.8, 4) is 0 Å². The first-order chi connectivity index (χ1) is 9.10. The SMILES string of the molecule is CC1CC(CN)CN1CCc1ccc([N+](=O)[O-])cc1. The molecule has 19 heavy (non-hydrogen) atoms. The van der Waals surface area contributed by atoms with Crippen LogP contribution in [0.25, 0.3) is 0 Å². The van der Waals surface area contributed by atoms with Crippen LogP contribution in [0, 0.1) is 16.0 Å². The molecule has 0 aliphatic carbocycles. The summed E-state index contributed by atoms with van der Waals surface area (Å²) in [4.78, 5) is 12.7. The Bertz CT molecular complexity index is 433. The Labute approximate surface area is 113 Å². The molecule has 5 nitrogen and oxygen atoms in total. The molecule has 0 radical (unpaired) electrons. The van der Waals surface area contributed by atoms with Gasteiger partial charge in [0.25, 0.3) is 5.69 Å². The molecule has 2 unspecified atom stereocenters. The van der Waals surface area contributed by atoms with E-state index < -0.39 is 0 Å². The summed E-state index contributed by atoms with van der Waals surface area (Å²) in [5, 5.41) is 10.6. The average molecular weight is 263 g/mol. The summed E-state index contributed by atoms with van der Waals surface area (Å²) in [6.07, 6.45) is 2.11. The topological polar surface area (TPSA) is 72.4 Å². The minimum absolute atomic E-state index is 0.154. The Morgan fingerprint density at radius 1 is 1.42 bits per heavy atom. The van der Waals surface area contributed by atoms with Gasteiger partial charge in [-0.15, -0.1) is 0 Å². The summed E-state index contributed by atoms with van der Waals surface area (Å²) in [6.45, 7) is 5.07. The molecule has 1 saturated heterocycles. The largest absolute Gasteiger partial charge is 0.330 e. The molecule has 1 aromatic rings. The fourth-order valence-electron chi connectivity index (χ4n) is 2.76. The van der Waals surface area contributed by atoms with Gasteiger partial charge in [-0.2, -0.15) is 0 Å². The molecule has 2 N–H and O–H groups in total. The molecule has 0 bridgehead atoms. The number of rotatable bonds is 5. The van der Waals surface area contributed by atoms with E-state index in [0.717, 1.165) is 31.6 Å². The summed E-state index contributed by atoms with van der Waals surface area (Å²) >= 11 is 0. The monoisotopic (exact) mass is 263 g/mol. The smallest absolute Gasteiger partial charge is 0.269 e. The Balaban J connectivity index is 1.87. The van der Waals surface area contributed by atoms with Gasteiger partial charge >= 0.3 is 0 Å². The zero-order chi connectivity index (χ0) is 13.8. The first-order valence-corrected chi connectivity index (χ1v) is 6.77. The summed E-state index contributed by atoms with van der Waals surface area (Å²) in [7, 11) is 0. The minimum Gasteiger partial charge on any atom is -0.330 e. The van der Waals surface area contributed by atoms with E-state index in [9.17, 15) is 10.1 Å². The molecule has 0 aromatic heterocycles. The quantitative estimate of drug-likeness (QED) is 0.649. The van der Waals surface area contributed by atoms with Crippen LogP contribution in [-0.4, -0.2) is 35.5 Å². The van der Waals surface area contributed by atoms with Crippen molar-refractivity contribution in [3.63, 3.8) is 0 Å². The molecule has 1 aromatic carbocycles. The highest BCUT2D eigenvalue weighted by molar-refractivity contribution is 5.32. The molecular formula is C14H21N3O2. The number of nitro benzene ring substituents is 1. The van der Waals surface area contributed by atoms with E-state index in [2.05, 4.69) is 11.8 Å². The normalized spacial score (nSPS) is 23.7. The van der Waals surface area contributed by atoms with Crippen LogP contribution in [0.1, 0.15) is 18.9 Å². The van der Waals surface area contributed by atoms with Gasteiger partial charge in [-0.25, -0.2) is 0 Å². The third kappa shape index (κ3) is 3.52. The second-order valence-corrected chi connectivity index (χ2v) is 5.35. The zero-order valence-corrected chi connectivity index (χ0v) is 11.3. The molecule has 1 fully saturated rings. The number of nitro groups is 1. The van der Waals surface area contributed by atoms with E-state index >= 15 is 0 Å². The highest BCUT2D eigenvalue weighted by Crippen LogP contribution is 2.22. The fourth-order valence-corrected chi connectivity index (χ4v) is 2.76. The fraction of sp³-hybridized carbons (Fsp3) is 0.571. The predicted octanol–water partition coefficient (Wildman–Crippen LogP) is 1.81. The van der Waals surface area contributed by atoms with Crippen LogP contribution in [-0.2, 0) is 6.42 Å². The number of benzene rings is 1. The van der Waals surface area contributed by atoms with Crippen molar-refractivity contribution in [2.75, 3.05) is 19.6 Å². The van der Waals surface area contributed by atoms with Gasteiger partial charge in [0, 0.05) is 31.3 Å². The van der Waals surface area contributed by atoms with Crippen molar-refractivity contribution in [2.45, 2.75) is 25.8 Å². The number of hydrogen-bond donors (Lipinski definition) is 1. The van der Waals surface area contributed by atoms with E-state index in [1.54, 1.807) is 12.1 Å². The number of non-ortho nitro benzene ring substituents is 1. The lowest BCUT2D eigenvalue weighted by Gasteiger charge is -2.20. The molecule has 0 saturated carbocycles. The Morgan fingerprint density at radius 3 is 2.63 bits per heavy atom. The Hall–Kier alpha value is -1.46. The molecule has 0 spiro atoms. The molecule has 2 rings (SSSR count). The number of nitrogens with zero attached hydrogens (tertiary/aromatic N) is 2. The van der Waals surface area contributed by atoms with Gasteiger partial charge in [0.1, 0.15) is 0 Å². The van der Waals surface area contributed by atoms with Crippen LogP contribution in [0.4, 0.5) is 5.69 Å². The second-order valence-electron chi connectivity index (χ2n) is 5.35. The highest BCUT2D eigenvalue weighted by atomic mass is 16.6. The van der Waals surface area contributed by atoms with E-state index in [1.807, 2.05) is 12.1 Å². The lowest BCUT2D eigenvalue weighted by molar-refractivity contribution is -0.384. The van der Waals surface area contributed by atoms with Crippen LogP contribution >= 0.6 is 0 Å². The van der Waals surface area contributed by atoms with E-state index in [4.69, 9.17) is 5.73 Å². The average Bonchev–Trinajstić information content (AvgIpc) is 2.77. The minimum atomic E-state index is -0.363. The van der Waals surface area contributed by atoms with Crippen molar-refractivity contribution in [3.05, 3.63) is 39.9 Å². The number of likely N-dealkylation sites (tertiary alicyclic amines) is 1. The lowest BCUT2D eigenvalue weighted by Crippen LogP contribution is -2.30. The first-order valence-electron chi connectivity index (χ1n) is 6.77. The van der Waals surface area contributed by atoms with E-state index in [1.165, 1.54) is 6.42 Å². The van der Waals surface area contributed by atoms with E-state index in [-0.39, 0.29) is 10.6 Å². The third-order valence-electron chi connectivity index (χ3n) is 3.96. The first kappa shape index (κ1) is 14.0. The molecule has 1 heterocycles. The summed E-state index contributed by atoms with van der Waals surface area (Å²) in [5.41, 5.74) is 7.02. The maximum atomic E-state index is 10.6. The molecule has 5 heteroatoms. The van der Waals surface area contributed by atoms with Crippen molar-refractivity contribution in [1.29, 1.82) is 0 Å². The van der Waals surface area contributed by atoms with Crippen LogP contribution in [0.5, 0.6) is 0 Å². The number of nitrogens with two attached hydrogens (primary N) is 1. The highest BCUT2D eigenvalue weighted by Gasteiger charge is 2.27. The maximum absolute atomic E-state index is 10.6. The molecular weight excluding hydrogens is 242 g/mol. The van der Waals surface area contributed by atoms with Crippen molar-refractivity contribution in [2.24, 2.45) is 11.7 Å². The molecule has 104 valence electrons. The molecule has 1 aliphatic rings. The van der Waals surface area contributed by atoms with Crippen LogP contribution in [0.3, 0.4) is 0 Å². The van der Waals surface area contributed by atoms with Gasteiger partial charge in [-0.1, -0.05) is 12.1 Å². The zero-order valence-electron chi connectivity index (χ0n) is 11.3. The van der Waals surface area contributed by atoms with Gasteiger partial charge in [0.15, 0.2) is 0 Å². The van der Waals surface area contributed by atoms with Crippen LogP contribution in [0.15, 0.2) is 24.3 Å². The van der Waals surface area contributed by atoms with Crippen molar-refractivity contribution >= 4 is 5.69 Å². The van der Waals surface area contributed by atoms with Crippen LogP contribution in [0.2, 0.25) is 0 Å². The van der Waals surface area contributed by atoms with Gasteiger partial charge in [-0.3, -0.25) is 15.0 Å². The van der Waals surface area contributed by atoms with Gasteiger partial charge in [-0.05, 0) is 37.8 Å². The lowest BCUT2D eigenvalue weighted by atomic mass is 10.1. The molecule has 0 amide bonds. The molecule has 1 aliphatic heterocycles. The summed E-state index contributed by atoms with van der Waals surface area (Å²) in [5.74, 6) is 0.617. The predicted molar refractivity (Wildman–Crippen MR) is 75.0 cm³/mol. The third-order valence-corrected chi connectivity index (χ3v) is 3.96. The summed E-state index contributed by atoms with van der Waals surface area (Å²) in [6, 6.07) is 7.43. The van der Waals surface area contributed by atoms with Crippen molar-refractivity contribution in [1.82, 2.24) is 4.90 Å². The van der Waals surface area contributed by atoms with Gasteiger partial charge in [0.2, 0.25) is 0 Å². The van der Waals surface area contributed by atoms with E-state index in [0.29, 0.717) is 12.0 Å². The van der Waals surface area contributed by atoms with Crippen molar-refractivity contribution < 1.29 is 4.92 Å². The Morgan fingerprint density at radius 2 is 2.11 bits per heavy atom. The molecule has 2 atom stereocenters. The second kappa shape index (κ2) is 6.12. The standard InChI is InChI=1S/C14H21N3O2/c1-11-8-13(9-15)10-16(11)7-6-12-2-4-14(5-3-12)17(18)19/h2-5,11,13H,6-10,15H2,1H3. The maximum Gasteiger partial charge on any atom is 0.269 e. The van der Waals surface area contributed by atoms with Gasteiger partial charge in [0.05, 0.1) is 4.92 Å². The number of hydrogen-bond acceptors (Lipinski definition) is 4. The summed E-state index contributed by atoms with van der Waals surface area (Å²) < 4.78 is 0. The van der Waals surface area contributed by atoms with Crippen LogP contribution < -0.4 is 5.73 Å². The Kier molecular flexibility index (Phi) is 4.50.